The summed E-state index contributed by atoms with van der Waals surface area (Å²) in [6, 6.07) is 6.48. The van der Waals surface area contributed by atoms with Crippen molar-refractivity contribution in [3.63, 3.8) is 0 Å². The average molecular weight is 535 g/mol. The zero-order valence-electron chi connectivity index (χ0n) is 19.7. The predicted octanol–water partition coefficient (Wildman–Crippen LogP) is -1.33. The summed E-state index contributed by atoms with van der Waals surface area (Å²) in [5, 5.41) is 45.2. The normalized spacial score (nSPS) is 14.0. The van der Waals surface area contributed by atoms with Gasteiger partial charge < -0.3 is 42.1 Å². The molecule has 4 atom stereocenters. The number of phenolic OH excluding ortho intramolecular Hbond substituents is 2. The minimum absolute atomic E-state index is 0.00295. The lowest BCUT2D eigenvalue weighted by atomic mass is 10.0. The summed E-state index contributed by atoms with van der Waals surface area (Å²) in [6.45, 7) is -0.848. The Bertz CT molecular complexity index is 1080. The first-order chi connectivity index (χ1) is 17.5. The van der Waals surface area contributed by atoms with Gasteiger partial charge in [0.25, 0.3) is 0 Å². The lowest BCUT2D eigenvalue weighted by Crippen LogP contribution is -2.58. The molecule has 0 aliphatic rings. The van der Waals surface area contributed by atoms with Crippen molar-refractivity contribution < 1.29 is 39.6 Å². The Balaban J connectivity index is 2.13. The van der Waals surface area contributed by atoms with E-state index in [4.69, 9.17) is 5.73 Å². The van der Waals surface area contributed by atoms with Crippen molar-refractivity contribution in [2.45, 2.75) is 37.0 Å². The van der Waals surface area contributed by atoms with Crippen molar-refractivity contribution in [3.8, 4) is 11.5 Å². The number of carboxylic acids is 1. The largest absolute Gasteiger partial charge is 0.508 e. The molecule has 2 rings (SSSR count). The van der Waals surface area contributed by atoms with Crippen molar-refractivity contribution in [2.24, 2.45) is 5.73 Å². The molecule has 0 aliphatic heterocycles. The van der Waals surface area contributed by atoms with Gasteiger partial charge in [0.05, 0.1) is 12.6 Å². The van der Waals surface area contributed by atoms with Crippen molar-refractivity contribution in [1.29, 1.82) is 0 Å². The van der Waals surface area contributed by atoms with Gasteiger partial charge in [-0.2, -0.15) is 12.6 Å². The number of nitrogens with two attached hydrogens (primary N) is 1. The van der Waals surface area contributed by atoms with E-state index < -0.39 is 54.5 Å². The van der Waals surface area contributed by atoms with Gasteiger partial charge in [0, 0.05) is 18.6 Å². The number of rotatable bonds is 13. The first kappa shape index (κ1) is 29.4. The highest BCUT2D eigenvalue weighted by atomic mass is 32.1. The van der Waals surface area contributed by atoms with Crippen LogP contribution in [0.4, 0.5) is 0 Å². The number of nitrogens with one attached hydrogen (secondary N) is 3. The fourth-order valence-corrected chi connectivity index (χ4v) is 3.41. The lowest BCUT2D eigenvalue weighted by molar-refractivity contribution is -0.142. The third kappa shape index (κ3) is 9.29. The van der Waals surface area contributed by atoms with Gasteiger partial charge in [0.1, 0.15) is 29.6 Å². The Morgan fingerprint density at radius 3 is 1.57 bits per heavy atom. The fourth-order valence-electron chi connectivity index (χ4n) is 3.25. The monoisotopic (exact) mass is 534 g/mol. The molecular weight excluding hydrogens is 504 g/mol. The van der Waals surface area contributed by atoms with E-state index in [1.165, 1.54) is 48.5 Å². The molecular formula is C24H30N4O8S. The van der Waals surface area contributed by atoms with E-state index in [9.17, 15) is 39.6 Å². The highest BCUT2D eigenvalue weighted by Crippen LogP contribution is 2.13. The highest BCUT2D eigenvalue weighted by Gasteiger charge is 2.30. The maximum Gasteiger partial charge on any atom is 0.326 e. The molecule has 0 spiro atoms. The summed E-state index contributed by atoms with van der Waals surface area (Å²) >= 11 is 3.97. The van der Waals surface area contributed by atoms with Gasteiger partial charge in [-0.15, -0.1) is 0 Å². The standard InChI is InChI=1S/C24H30N4O8S/c25-17(12-37)21(32)26-18(9-13-1-5-15(30)6-2-13)22(33)28-20(11-29)23(34)27-19(24(35)36)10-14-3-7-16(31)8-4-14/h1-8,17-20,29-31,37H,9-12,25H2,(H,26,32)(H,27,34)(H,28,33)(H,35,36). The van der Waals surface area contributed by atoms with E-state index in [1.54, 1.807) is 0 Å². The zero-order valence-corrected chi connectivity index (χ0v) is 20.6. The van der Waals surface area contributed by atoms with Crippen LogP contribution < -0.4 is 21.7 Å². The van der Waals surface area contributed by atoms with E-state index in [-0.39, 0.29) is 30.1 Å². The summed E-state index contributed by atoms with van der Waals surface area (Å²) < 4.78 is 0. The number of carbonyl (C=O) groups excluding carboxylic acids is 3. The van der Waals surface area contributed by atoms with Crippen molar-refractivity contribution >= 4 is 36.3 Å². The summed E-state index contributed by atoms with van der Waals surface area (Å²) in [4.78, 5) is 49.8. The van der Waals surface area contributed by atoms with Gasteiger partial charge in [0.2, 0.25) is 17.7 Å². The van der Waals surface area contributed by atoms with Gasteiger partial charge in [-0.3, -0.25) is 14.4 Å². The minimum atomic E-state index is -1.52. The number of hydrogen-bond donors (Lipinski definition) is 9. The molecule has 0 aromatic heterocycles. The average Bonchev–Trinajstić information content (AvgIpc) is 2.87. The number of carboxylic acid groups (broad SMARTS) is 1. The predicted molar refractivity (Wildman–Crippen MR) is 136 cm³/mol. The van der Waals surface area contributed by atoms with E-state index in [2.05, 4.69) is 28.6 Å². The van der Waals surface area contributed by atoms with Gasteiger partial charge in [-0.25, -0.2) is 4.79 Å². The van der Waals surface area contributed by atoms with E-state index in [0.29, 0.717) is 11.1 Å². The number of phenols is 2. The molecule has 0 fully saturated rings. The Morgan fingerprint density at radius 1 is 0.730 bits per heavy atom. The number of amides is 3. The molecule has 200 valence electrons. The van der Waals surface area contributed by atoms with Gasteiger partial charge >= 0.3 is 5.97 Å². The molecule has 13 heteroatoms. The summed E-state index contributed by atoms with van der Waals surface area (Å²) in [5.74, 6) is -3.79. The molecule has 2 aromatic carbocycles. The smallest absolute Gasteiger partial charge is 0.326 e. The Kier molecular flexibility index (Phi) is 11.2. The van der Waals surface area contributed by atoms with Crippen LogP contribution in [0.2, 0.25) is 0 Å². The van der Waals surface area contributed by atoms with Crippen LogP contribution >= 0.6 is 12.6 Å². The molecule has 0 bridgehead atoms. The summed E-state index contributed by atoms with van der Waals surface area (Å²) in [7, 11) is 0. The molecule has 0 radical (unpaired) electrons. The van der Waals surface area contributed by atoms with E-state index in [0.717, 1.165) is 0 Å². The second-order valence-electron chi connectivity index (χ2n) is 8.23. The number of aliphatic carboxylic acids is 1. The van der Waals surface area contributed by atoms with E-state index in [1.807, 2.05) is 0 Å². The van der Waals surface area contributed by atoms with Gasteiger partial charge in [0.15, 0.2) is 0 Å². The van der Waals surface area contributed by atoms with Crippen LogP contribution in [0.5, 0.6) is 11.5 Å². The van der Waals surface area contributed by atoms with Crippen molar-refractivity contribution in [3.05, 3.63) is 59.7 Å². The molecule has 0 heterocycles. The van der Waals surface area contributed by atoms with Crippen LogP contribution in [-0.2, 0) is 32.0 Å². The topological polar surface area (TPSA) is 211 Å². The summed E-state index contributed by atoms with van der Waals surface area (Å²) in [5.41, 5.74) is 6.77. The van der Waals surface area contributed by atoms with Crippen LogP contribution in [0.3, 0.4) is 0 Å². The molecule has 0 saturated carbocycles. The van der Waals surface area contributed by atoms with Crippen LogP contribution in [0.25, 0.3) is 0 Å². The fraction of sp³-hybridized carbons (Fsp3) is 0.333. The first-order valence-corrected chi connectivity index (χ1v) is 11.8. The van der Waals surface area contributed by atoms with Crippen LogP contribution in [0, 0.1) is 0 Å². The molecule has 2 aromatic rings. The number of hydrogen-bond acceptors (Lipinski definition) is 9. The second kappa shape index (κ2) is 14.1. The molecule has 0 aliphatic carbocycles. The maximum atomic E-state index is 13.0. The number of aromatic hydroxyl groups is 2. The van der Waals surface area contributed by atoms with Crippen LogP contribution in [0.1, 0.15) is 11.1 Å². The number of aliphatic hydroxyl groups is 1. The van der Waals surface area contributed by atoms with Crippen LogP contribution in [0.15, 0.2) is 48.5 Å². The molecule has 37 heavy (non-hydrogen) atoms. The van der Waals surface area contributed by atoms with Gasteiger partial charge in [-0.05, 0) is 35.4 Å². The number of carbonyl (C=O) groups is 4. The number of aliphatic hydroxyl groups excluding tert-OH is 1. The quantitative estimate of drug-likeness (QED) is 0.139. The zero-order chi connectivity index (χ0) is 27.5. The Hall–Kier alpha value is -3.81. The molecule has 4 unspecified atom stereocenters. The van der Waals surface area contributed by atoms with Crippen molar-refractivity contribution in [1.82, 2.24) is 16.0 Å². The van der Waals surface area contributed by atoms with Crippen LogP contribution in [-0.4, -0.2) is 80.6 Å². The highest BCUT2D eigenvalue weighted by molar-refractivity contribution is 7.80. The molecule has 0 saturated heterocycles. The maximum absolute atomic E-state index is 13.0. The number of thiol groups is 1. The van der Waals surface area contributed by atoms with Crippen molar-refractivity contribution in [2.75, 3.05) is 12.4 Å². The third-order valence-corrected chi connectivity index (χ3v) is 5.74. The summed E-state index contributed by atoms with van der Waals surface area (Å²) in [6.07, 6.45) is -0.149. The minimum Gasteiger partial charge on any atom is -0.508 e. The molecule has 3 amide bonds. The Labute approximate surface area is 218 Å². The van der Waals surface area contributed by atoms with Gasteiger partial charge in [-0.1, -0.05) is 24.3 Å². The first-order valence-electron chi connectivity index (χ1n) is 11.2. The second-order valence-corrected chi connectivity index (χ2v) is 8.60. The Morgan fingerprint density at radius 2 is 1.14 bits per heavy atom. The molecule has 12 nitrogen and oxygen atoms in total. The molecule has 9 N–H and O–H groups in total. The third-order valence-electron chi connectivity index (χ3n) is 5.35. The lowest BCUT2D eigenvalue weighted by Gasteiger charge is -2.24. The SMILES string of the molecule is NC(CS)C(=O)NC(Cc1ccc(O)cc1)C(=O)NC(CO)C(=O)NC(Cc1ccc(O)cc1)C(=O)O. The van der Waals surface area contributed by atoms with E-state index >= 15 is 0 Å². The number of benzene rings is 2.